The molecule has 4 rings (SSSR count). The van der Waals surface area contributed by atoms with Crippen molar-refractivity contribution in [2.24, 2.45) is 0 Å². The summed E-state index contributed by atoms with van der Waals surface area (Å²) in [5.74, 6) is 3.23. The van der Waals surface area contributed by atoms with Gasteiger partial charge in [-0.25, -0.2) is 9.97 Å². The Bertz CT molecular complexity index is 778. The minimum absolute atomic E-state index is 0.0192. The summed E-state index contributed by atoms with van der Waals surface area (Å²) in [7, 11) is 0. The third kappa shape index (κ3) is 3.80. The Morgan fingerprint density at radius 3 is 2.88 bits per heavy atom. The molecule has 25 heavy (non-hydrogen) atoms. The average Bonchev–Trinajstić information content (AvgIpc) is 3.46. The van der Waals surface area contributed by atoms with Crippen molar-refractivity contribution >= 4 is 27.6 Å². The van der Waals surface area contributed by atoms with Crippen molar-refractivity contribution in [3.63, 3.8) is 0 Å². The van der Waals surface area contributed by atoms with Crippen LogP contribution in [0, 0.1) is 0 Å². The van der Waals surface area contributed by atoms with Gasteiger partial charge in [0.15, 0.2) is 0 Å². The van der Waals surface area contributed by atoms with E-state index < -0.39 is 0 Å². The molecule has 0 spiro atoms. The van der Waals surface area contributed by atoms with Gasteiger partial charge in [-0.05, 0) is 49.4 Å². The van der Waals surface area contributed by atoms with Crippen molar-refractivity contribution < 1.29 is 5.11 Å². The maximum atomic E-state index is 9.32. The molecule has 1 aromatic carbocycles. The van der Waals surface area contributed by atoms with E-state index in [1.165, 1.54) is 24.0 Å². The summed E-state index contributed by atoms with van der Waals surface area (Å²) in [6.07, 6.45) is 3.37. The van der Waals surface area contributed by atoms with E-state index in [0.29, 0.717) is 5.92 Å². The summed E-state index contributed by atoms with van der Waals surface area (Å²) in [4.78, 5) is 11.8. The Balaban J connectivity index is 1.61. The van der Waals surface area contributed by atoms with Crippen LogP contribution in [0.25, 0.3) is 0 Å². The molecule has 1 aliphatic carbocycles. The van der Waals surface area contributed by atoms with Crippen molar-refractivity contribution in [3.05, 3.63) is 45.7 Å². The third-order valence-electron chi connectivity index (χ3n) is 4.85. The van der Waals surface area contributed by atoms with Gasteiger partial charge in [0, 0.05) is 35.6 Å². The van der Waals surface area contributed by atoms with Gasteiger partial charge in [0.25, 0.3) is 0 Å². The molecule has 0 bridgehead atoms. The first-order chi connectivity index (χ1) is 12.1. The Kier molecular flexibility index (Phi) is 4.65. The highest BCUT2D eigenvalue weighted by atomic mass is 79.9. The van der Waals surface area contributed by atoms with Gasteiger partial charge < -0.3 is 15.3 Å². The van der Waals surface area contributed by atoms with Crippen molar-refractivity contribution in [3.8, 4) is 0 Å². The highest BCUT2D eigenvalue weighted by Gasteiger charge is 2.28. The van der Waals surface area contributed by atoms with Gasteiger partial charge in [-0.2, -0.15) is 0 Å². The van der Waals surface area contributed by atoms with Gasteiger partial charge in [-0.1, -0.05) is 22.0 Å². The lowest BCUT2D eigenvalue weighted by Crippen LogP contribution is -2.31. The summed E-state index contributed by atoms with van der Waals surface area (Å²) in [6, 6.07) is 8.52. The molecule has 2 aromatic rings. The van der Waals surface area contributed by atoms with E-state index in [2.05, 4.69) is 49.3 Å². The van der Waals surface area contributed by atoms with Crippen molar-refractivity contribution in [2.45, 2.75) is 44.7 Å². The molecule has 0 saturated heterocycles. The molecule has 2 heterocycles. The molecule has 0 unspecified atom stereocenters. The smallest absolute Gasteiger partial charge is 0.136 e. The Labute approximate surface area is 156 Å². The van der Waals surface area contributed by atoms with Crippen LogP contribution in [0.2, 0.25) is 0 Å². The molecule has 2 N–H and O–H groups in total. The lowest BCUT2D eigenvalue weighted by molar-refractivity contribution is 0.281. The van der Waals surface area contributed by atoms with Gasteiger partial charge >= 0.3 is 0 Å². The zero-order chi connectivity index (χ0) is 17.4. The molecule has 1 atom stereocenters. The fraction of sp³-hybridized carbons (Fsp3) is 0.474. The number of rotatable bonds is 5. The number of aliphatic hydroxyl groups is 1. The van der Waals surface area contributed by atoms with Gasteiger partial charge in [0.2, 0.25) is 0 Å². The zero-order valence-corrected chi connectivity index (χ0v) is 16.0. The van der Waals surface area contributed by atoms with Crippen LogP contribution in [0.1, 0.15) is 42.6 Å². The predicted octanol–water partition coefficient (Wildman–Crippen LogP) is 3.47. The van der Waals surface area contributed by atoms with Gasteiger partial charge in [-0.15, -0.1) is 0 Å². The molecule has 1 aliphatic heterocycles. The number of aromatic nitrogens is 2. The highest BCUT2D eigenvalue weighted by Crippen LogP contribution is 2.39. The summed E-state index contributed by atoms with van der Waals surface area (Å²) in [5, 5.41) is 12.6. The number of anilines is 2. The number of halogens is 1. The quantitative estimate of drug-likeness (QED) is 0.801. The number of hydrogen-bond acceptors (Lipinski definition) is 5. The topological polar surface area (TPSA) is 61.3 Å². The fourth-order valence-corrected chi connectivity index (χ4v) is 3.64. The number of fused-ring (bicyclic) bond motifs is 1. The molecule has 1 saturated carbocycles. The molecular formula is C19H23BrN4O. The Hall–Kier alpha value is -1.66. The first kappa shape index (κ1) is 16.8. The van der Waals surface area contributed by atoms with E-state index in [1.807, 2.05) is 13.0 Å². The SMILES string of the molecule is C[C@@H](CO)Nc1cc(N2CCc3cc(Br)ccc3C2)nc(C2CC2)n1. The van der Waals surface area contributed by atoms with Gasteiger partial charge in [0.05, 0.1) is 6.61 Å². The number of aliphatic hydroxyl groups excluding tert-OH is 1. The van der Waals surface area contributed by atoms with Gasteiger partial charge in [-0.3, -0.25) is 0 Å². The second-order valence-corrected chi connectivity index (χ2v) is 7.97. The standard InChI is InChI=1S/C19H23BrN4O/c1-12(11-25)21-17-9-18(23-19(22-17)13-2-3-13)24-7-6-14-8-16(20)5-4-15(14)10-24/h4-5,8-9,12-13,25H,2-3,6-7,10-11H2,1H3,(H,21,22,23)/t12-/m0/s1. The first-order valence-corrected chi connectivity index (χ1v) is 9.70. The monoisotopic (exact) mass is 402 g/mol. The number of hydrogen-bond donors (Lipinski definition) is 2. The van der Waals surface area contributed by atoms with E-state index in [4.69, 9.17) is 4.98 Å². The van der Waals surface area contributed by atoms with Crippen LogP contribution >= 0.6 is 15.9 Å². The van der Waals surface area contributed by atoms with Crippen molar-refractivity contribution in [1.82, 2.24) is 9.97 Å². The van der Waals surface area contributed by atoms with Crippen LogP contribution in [0.4, 0.5) is 11.6 Å². The van der Waals surface area contributed by atoms with Crippen LogP contribution in [0.3, 0.4) is 0 Å². The molecular weight excluding hydrogens is 380 g/mol. The molecule has 1 fully saturated rings. The normalized spacial score (nSPS) is 18.0. The fourth-order valence-electron chi connectivity index (χ4n) is 3.23. The summed E-state index contributed by atoms with van der Waals surface area (Å²) in [5.41, 5.74) is 2.77. The maximum absolute atomic E-state index is 9.32. The summed E-state index contributed by atoms with van der Waals surface area (Å²) in [6.45, 7) is 3.87. The summed E-state index contributed by atoms with van der Waals surface area (Å²) >= 11 is 3.56. The minimum atomic E-state index is -0.0192. The molecule has 0 radical (unpaired) electrons. The lowest BCUT2D eigenvalue weighted by atomic mass is 10.00. The van der Waals surface area contributed by atoms with E-state index in [0.717, 1.165) is 41.4 Å². The molecule has 1 aromatic heterocycles. The van der Waals surface area contributed by atoms with E-state index in [1.54, 1.807) is 0 Å². The van der Waals surface area contributed by atoms with Crippen LogP contribution in [0.5, 0.6) is 0 Å². The van der Waals surface area contributed by atoms with E-state index in [-0.39, 0.29) is 12.6 Å². The first-order valence-electron chi connectivity index (χ1n) is 8.91. The lowest BCUT2D eigenvalue weighted by Gasteiger charge is -2.30. The second-order valence-electron chi connectivity index (χ2n) is 7.06. The van der Waals surface area contributed by atoms with Crippen molar-refractivity contribution in [1.29, 1.82) is 0 Å². The Morgan fingerprint density at radius 1 is 1.28 bits per heavy atom. The molecule has 132 valence electrons. The maximum Gasteiger partial charge on any atom is 0.136 e. The molecule has 2 aliphatic rings. The highest BCUT2D eigenvalue weighted by molar-refractivity contribution is 9.10. The van der Waals surface area contributed by atoms with Gasteiger partial charge in [0.1, 0.15) is 17.5 Å². The zero-order valence-electron chi connectivity index (χ0n) is 14.4. The number of benzene rings is 1. The van der Waals surface area contributed by atoms with E-state index in [9.17, 15) is 5.11 Å². The second kappa shape index (κ2) is 6.92. The number of nitrogens with zero attached hydrogens (tertiary/aromatic N) is 3. The van der Waals surface area contributed by atoms with Crippen LogP contribution < -0.4 is 10.2 Å². The van der Waals surface area contributed by atoms with E-state index >= 15 is 0 Å². The Morgan fingerprint density at radius 2 is 2.12 bits per heavy atom. The summed E-state index contributed by atoms with van der Waals surface area (Å²) < 4.78 is 1.14. The third-order valence-corrected chi connectivity index (χ3v) is 5.34. The van der Waals surface area contributed by atoms with Crippen molar-refractivity contribution in [2.75, 3.05) is 23.4 Å². The number of nitrogens with one attached hydrogen (secondary N) is 1. The van der Waals surface area contributed by atoms with Crippen LogP contribution in [0.15, 0.2) is 28.7 Å². The van der Waals surface area contributed by atoms with Crippen LogP contribution in [-0.4, -0.2) is 34.3 Å². The predicted molar refractivity (Wildman–Crippen MR) is 103 cm³/mol. The minimum Gasteiger partial charge on any atom is -0.394 e. The molecule has 0 amide bonds. The molecule has 5 nitrogen and oxygen atoms in total. The average molecular weight is 403 g/mol. The largest absolute Gasteiger partial charge is 0.394 e. The molecule has 6 heteroatoms. The van der Waals surface area contributed by atoms with Crippen LogP contribution in [-0.2, 0) is 13.0 Å².